The molecule has 0 bridgehead atoms. The van der Waals surface area contributed by atoms with Crippen LogP contribution in [-0.2, 0) is 5.54 Å². The van der Waals surface area contributed by atoms with Gasteiger partial charge in [-0.3, -0.25) is 0 Å². The summed E-state index contributed by atoms with van der Waals surface area (Å²) < 4.78 is 13.3. The molecule has 2 N–H and O–H groups in total. The third kappa shape index (κ3) is 3.11. The third-order valence-electron chi connectivity index (χ3n) is 5.72. The highest BCUT2D eigenvalue weighted by Gasteiger charge is 2.39. The van der Waals surface area contributed by atoms with Gasteiger partial charge in [-0.2, -0.15) is 10.1 Å². The average Bonchev–Trinajstić information content (AvgIpc) is 3.36. The summed E-state index contributed by atoms with van der Waals surface area (Å²) in [5.41, 5.74) is 9.22. The molecule has 30 heavy (non-hydrogen) atoms. The Balaban J connectivity index is 0.00000218. The molecule has 1 aliphatic rings. The number of hydrogen-bond donors (Lipinski definition) is 1. The van der Waals surface area contributed by atoms with E-state index >= 15 is 0 Å². The number of pyridine rings is 1. The second-order valence-electron chi connectivity index (χ2n) is 8.23. The molecule has 9 heteroatoms. The predicted octanol–water partition coefficient (Wildman–Crippen LogP) is 4.70. The predicted molar refractivity (Wildman–Crippen MR) is 115 cm³/mol. The number of aromatic nitrogens is 5. The van der Waals surface area contributed by atoms with Crippen LogP contribution >= 0.6 is 12.4 Å². The summed E-state index contributed by atoms with van der Waals surface area (Å²) in [7, 11) is 0. The van der Waals surface area contributed by atoms with Crippen molar-refractivity contribution in [2.75, 3.05) is 0 Å². The molecular formula is C21H25ClN6O2. The Bertz CT molecular complexity index is 1220. The van der Waals surface area contributed by atoms with Gasteiger partial charge in [-0.25, -0.2) is 9.67 Å². The fraction of sp³-hybridized carbons (Fsp3) is 0.429. The molecule has 0 radical (unpaired) electrons. The Morgan fingerprint density at radius 2 is 1.90 bits per heavy atom. The van der Waals surface area contributed by atoms with Crippen LogP contribution in [0.1, 0.15) is 56.5 Å². The first-order chi connectivity index (χ1) is 13.9. The number of nitrogens with zero attached hydrogens (tertiary/aromatic N) is 5. The molecule has 5 rings (SSSR count). The van der Waals surface area contributed by atoms with Crippen molar-refractivity contribution in [3.05, 3.63) is 35.7 Å². The molecule has 0 aromatic carbocycles. The molecule has 158 valence electrons. The lowest BCUT2D eigenvalue weighted by Gasteiger charge is -2.34. The molecule has 1 fully saturated rings. The van der Waals surface area contributed by atoms with Crippen molar-refractivity contribution in [1.82, 2.24) is 24.9 Å². The van der Waals surface area contributed by atoms with E-state index in [-0.39, 0.29) is 18.4 Å². The first-order valence-electron chi connectivity index (χ1n) is 9.95. The smallest absolute Gasteiger partial charge is 0.258 e. The monoisotopic (exact) mass is 428 g/mol. The summed E-state index contributed by atoms with van der Waals surface area (Å²) in [6.07, 6.45) is 4.65. The number of rotatable bonds is 4. The molecule has 4 aromatic rings. The van der Waals surface area contributed by atoms with Gasteiger partial charge in [0.1, 0.15) is 11.5 Å². The van der Waals surface area contributed by atoms with Crippen LogP contribution in [0.2, 0.25) is 0 Å². The van der Waals surface area contributed by atoms with Crippen molar-refractivity contribution in [3.63, 3.8) is 0 Å². The summed E-state index contributed by atoms with van der Waals surface area (Å²) in [5.74, 6) is 2.66. The fourth-order valence-corrected chi connectivity index (χ4v) is 3.91. The molecule has 0 amide bonds. The van der Waals surface area contributed by atoms with Crippen LogP contribution in [0.25, 0.3) is 33.7 Å². The van der Waals surface area contributed by atoms with Crippen LogP contribution < -0.4 is 5.73 Å². The van der Waals surface area contributed by atoms with E-state index in [4.69, 9.17) is 19.7 Å². The van der Waals surface area contributed by atoms with E-state index in [2.05, 4.69) is 29.1 Å². The molecule has 8 nitrogen and oxygen atoms in total. The van der Waals surface area contributed by atoms with E-state index in [0.717, 1.165) is 58.6 Å². The van der Waals surface area contributed by atoms with E-state index in [1.54, 1.807) is 6.20 Å². The van der Waals surface area contributed by atoms with Crippen molar-refractivity contribution < 1.29 is 8.94 Å². The second kappa shape index (κ2) is 7.21. The van der Waals surface area contributed by atoms with Gasteiger partial charge in [-0.15, -0.1) is 12.4 Å². The molecule has 4 heterocycles. The standard InChI is InChI=1S/C21H24N6O2.ClH/c1-11(2)27-18-16(10-23-27)15(9-17(24-18)14-8-12(3)28-13(14)4)19-25-20(26-29-19)21(22)6-5-7-21;/h8-11H,5-7,22H2,1-4H3;1H. The molecule has 4 aromatic heterocycles. The average molecular weight is 429 g/mol. The van der Waals surface area contributed by atoms with E-state index in [1.807, 2.05) is 30.7 Å². The van der Waals surface area contributed by atoms with Crippen LogP contribution in [0, 0.1) is 13.8 Å². The quantitative estimate of drug-likeness (QED) is 0.501. The molecule has 1 aliphatic carbocycles. The van der Waals surface area contributed by atoms with Crippen LogP contribution in [0.3, 0.4) is 0 Å². The third-order valence-corrected chi connectivity index (χ3v) is 5.72. The largest absolute Gasteiger partial charge is 0.466 e. The highest BCUT2D eigenvalue weighted by molar-refractivity contribution is 5.93. The van der Waals surface area contributed by atoms with Crippen molar-refractivity contribution in [2.45, 2.75) is 58.5 Å². The van der Waals surface area contributed by atoms with Gasteiger partial charge >= 0.3 is 0 Å². The summed E-state index contributed by atoms with van der Waals surface area (Å²) in [4.78, 5) is 9.55. The van der Waals surface area contributed by atoms with E-state index in [1.165, 1.54) is 0 Å². The lowest BCUT2D eigenvalue weighted by molar-refractivity contribution is 0.229. The SMILES string of the molecule is Cc1cc(-c2cc(-c3nc(C4(N)CCC4)no3)c3cnn(C(C)C)c3n2)c(C)o1.Cl. The molecule has 0 aliphatic heterocycles. The maximum absolute atomic E-state index is 6.39. The minimum absolute atomic E-state index is 0. The summed E-state index contributed by atoms with van der Waals surface area (Å²) in [6.45, 7) is 8.02. The Kier molecular flexibility index (Phi) is 4.94. The second-order valence-corrected chi connectivity index (χ2v) is 8.23. The van der Waals surface area contributed by atoms with Gasteiger partial charge in [0.05, 0.1) is 28.4 Å². The van der Waals surface area contributed by atoms with Crippen LogP contribution in [-0.4, -0.2) is 24.9 Å². The van der Waals surface area contributed by atoms with Gasteiger partial charge in [0, 0.05) is 11.6 Å². The molecule has 0 saturated heterocycles. The number of furan rings is 1. The zero-order valence-electron chi connectivity index (χ0n) is 17.5. The highest BCUT2D eigenvalue weighted by Crippen LogP contribution is 2.39. The molecule has 0 unspecified atom stereocenters. The highest BCUT2D eigenvalue weighted by atomic mass is 35.5. The number of halogens is 1. The minimum atomic E-state index is -0.475. The van der Waals surface area contributed by atoms with Gasteiger partial charge in [-0.05, 0) is 59.1 Å². The van der Waals surface area contributed by atoms with Gasteiger partial charge in [0.25, 0.3) is 5.89 Å². The van der Waals surface area contributed by atoms with E-state index in [0.29, 0.717) is 11.7 Å². The van der Waals surface area contributed by atoms with Crippen molar-refractivity contribution in [1.29, 1.82) is 0 Å². The van der Waals surface area contributed by atoms with Gasteiger partial charge < -0.3 is 14.7 Å². The Hall–Kier alpha value is -2.71. The maximum atomic E-state index is 6.39. The number of aryl methyl sites for hydroxylation is 2. The van der Waals surface area contributed by atoms with Crippen LogP contribution in [0.15, 0.2) is 27.3 Å². The Labute approximate surface area is 180 Å². The van der Waals surface area contributed by atoms with Crippen molar-refractivity contribution in [2.24, 2.45) is 5.73 Å². The minimum Gasteiger partial charge on any atom is -0.466 e. The number of hydrogen-bond acceptors (Lipinski definition) is 7. The molecule has 0 atom stereocenters. The van der Waals surface area contributed by atoms with Crippen molar-refractivity contribution >= 4 is 23.4 Å². The molecule has 0 spiro atoms. The van der Waals surface area contributed by atoms with E-state index in [9.17, 15) is 0 Å². The number of fused-ring (bicyclic) bond motifs is 1. The van der Waals surface area contributed by atoms with E-state index < -0.39 is 5.54 Å². The Morgan fingerprint density at radius 3 is 2.50 bits per heavy atom. The van der Waals surface area contributed by atoms with Gasteiger partial charge in [-0.1, -0.05) is 5.16 Å². The summed E-state index contributed by atoms with van der Waals surface area (Å²) in [6, 6.07) is 4.12. The lowest BCUT2D eigenvalue weighted by atomic mass is 9.77. The molecular weight excluding hydrogens is 404 g/mol. The summed E-state index contributed by atoms with van der Waals surface area (Å²) in [5, 5.41) is 9.59. The van der Waals surface area contributed by atoms with Crippen LogP contribution in [0.4, 0.5) is 0 Å². The zero-order chi connectivity index (χ0) is 20.3. The number of nitrogens with two attached hydrogens (primary N) is 1. The van der Waals surface area contributed by atoms with Crippen molar-refractivity contribution in [3.8, 4) is 22.7 Å². The molecule has 1 saturated carbocycles. The Morgan fingerprint density at radius 1 is 1.13 bits per heavy atom. The van der Waals surface area contributed by atoms with Gasteiger partial charge in [0.15, 0.2) is 11.5 Å². The van der Waals surface area contributed by atoms with Gasteiger partial charge in [0.2, 0.25) is 0 Å². The maximum Gasteiger partial charge on any atom is 0.258 e. The normalized spacial score (nSPS) is 15.4. The lowest BCUT2D eigenvalue weighted by Crippen LogP contribution is -2.44. The topological polar surface area (TPSA) is 109 Å². The van der Waals surface area contributed by atoms with Crippen LogP contribution in [0.5, 0.6) is 0 Å². The zero-order valence-corrected chi connectivity index (χ0v) is 18.3. The summed E-state index contributed by atoms with van der Waals surface area (Å²) >= 11 is 0. The first kappa shape index (κ1) is 20.6. The first-order valence-corrected chi connectivity index (χ1v) is 9.95. The fourth-order valence-electron chi connectivity index (χ4n) is 3.91.